The minimum absolute atomic E-state index is 0.507. The van der Waals surface area contributed by atoms with E-state index in [1.54, 1.807) is 6.07 Å². The summed E-state index contributed by atoms with van der Waals surface area (Å²) in [6, 6.07) is 4.17. The van der Waals surface area contributed by atoms with Crippen molar-refractivity contribution in [2.45, 2.75) is 39.3 Å². The lowest BCUT2D eigenvalue weighted by Gasteiger charge is -2.20. The molecule has 2 aromatic rings. The third-order valence-corrected chi connectivity index (χ3v) is 4.57. The Morgan fingerprint density at radius 2 is 1.90 bits per heavy atom. The second-order valence-corrected chi connectivity index (χ2v) is 6.47. The lowest BCUT2D eigenvalue weighted by Crippen LogP contribution is -2.27. The van der Waals surface area contributed by atoms with Crippen LogP contribution in [-0.2, 0) is 6.54 Å². The molecule has 0 saturated carbocycles. The summed E-state index contributed by atoms with van der Waals surface area (Å²) in [6.07, 6.45) is 2.17. The van der Waals surface area contributed by atoms with E-state index in [2.05, 4.69) is 30.8 Å². The van der Waals surface area contributed by atoms with Crippen molar-refractivity contribution in [3.63, 3.8) is 0 Å². The first kappa shape index (κ1) is 16.4. The molecule has 0 radical (unpaired) electrons. The van der Waals surface area contributed by atoms with Crippen molar-refractivity contribution in [1.29, 1.82) is 0 Å². The first-order chi connectivity index (χ1) is 9.90. The highest BCUT2D eigenvalue weighted by atomic mass is 35.5. The molecule has 0 bridgehead atoms. The minimum Gasteiger partial charge on any atom is -0.369 e. The molecule has 0 saturated heterocycles. The van der Waals surface area contributed by atoms with Gasteiger partial charge >= 0.3 is 0 Å². The number of nitrogen functional groups attached to an aromatic ring is 1. The number of aromatic nitrogens is 2. The number of rotatable bonds is 6. The van der Waals surface area contributed by atoms with Crippen LogP contribution in [0.2, 0.25) is 10.0 Å². The van der Waals surface area contributed by atoms with E-state index < -0.39 is 0 Å². The smallest absolute Gasteiger partial charge is 0.201 e. The summed E-state index contributed by atoms with van der Waals surface area (Å²) in [5.74, 6) is 0.514. The van der Waals surface area contributed by atoms with Gasteiger partial charge in [0.1, 0.15) is 0 Å². The summed E-state index contributed by atoms with van der Waals surface area (Å²) in [7, 11) is 2.15. The number of nitrogens with zero attached hydrogens (tertiary/aromatic N) is 3. The molecule has 1 heterocycles. The summed E-state index contributed by atoms with van der Waals surface area (Å²) in [4.78, 5) is 6.68. The average molecular weight is 329 g/mol. The fourth-order valence-electron chi connectivity index (χ4n) is 2.26. The Morgan fingerprint density at radius 3 is 2.57 bits per heavy atom. The highest BCUT2D eigenvalue weighted by molar-refractivity contribution is 6.42. The van der Waals surface area contributed by atoms with Gasteiger partial charge in [0.25, 0.3) is 0 Å². The minimum atomic E-state index is 0.507. The second kappa shape index (κ2) is 6.86. The van der Waals surface area contributed by atoms with E-state index in [4.69, 9.17) is 28.9 Å². The van der Waals surface area contributed by atoms with Crippen molar-refractivity contribution >= 4 is 40.2 Å². The molecule has 1 aromatic heterocycles. The van der Waals surface area contributed by atoms with Gasteiger partial charge in [-0.25, -0.2) is 4.98 Å². The summed E-state index contributed by atoms with van der Waals surface area (Å²) >= 11 is 12.1. The third kappa shape index (κ3) is 3.82. The summed E-state index contributed by atoms with van der Waals surface area (Å²) < 4.78 is 2.01. The van der Waals surface area contributed by atoms with E-state index in [9.17, 15) is 0 Å². The number of hydrogen-bond acceptors (Lipinski definition) is 3. The number of anilines is 1. The van der Waals surface area contributed by atoms with Gasteiger partial charge in [0, 0.05) is 12.6 Å². The quantitative estimate of drug-likeness (QED) is 0.814. The highest BCUT2D eigenvalue weighted by Crippen LogP contribution is 2.29. The van der Waals surface area contributed by atoms with E-state index in [0.717, 1.165) is 37.0 Å². The molecule has 2 rings (SSSR count). The fourth-order valence-corrected chi connectivity index (χ4v) is 2.58. The largest absolute Gasteiger partial charge is 0.369 e. The molecule has 6 heteroatoms. The van der Waals surface area contributed by atoms with Crippen LogP contribution in [0.5, 0.6) is 0 Å². The van der Waals surface area contributed by atoms with Gasteiger partial charge in [0.05, 0.1) is 21.1 Å². The van der Waals surface area contributed by atoms with Gasteiger partial charge in [-0.15, -0.1) is 0 Å². The van der Waals surface area contributed by atoms with Gasteiger partial charge in [-0.1, -0.05) is 23.2 Å². The molecule has 0 aliphatic carbocycles. The van der Waals surface area contributed by atoms with Gasteiger partial charge < -0.3 is 15.2 Å². The van der Waals surface area contributed by atoms with Crippen LogP contribution < -0.4 is 5.73 Å². The summed E-state index contributed by atoms with van der Waals surface area (Å²) in [6.45, 7) is 6.32. The van der Waals surface area contributed by atoms with Crippen LogP contribution in [0.1, 0.15) is 26.7 Å². The van der Waals surface area contributed by atoms with Gasteiger partial charge in [-0.05, 0) is 52.4 Å². The molecular weight excluding hydrogens is 307 g/mol. The van der Waals surface area contributed by atoms with Crippen molar-refractivity contribution in [1.82, 2.24) is 14.5 Å². The molecule has 0 spiro atoms. The van der Waals surface area contributed by atoms with Crippen molar-refractivity contribution in [3.05, 3.63) is 22.2 Å². The topological polar surface area (TPSA) is 47.1 Å². The Hall–Kier alpha value is -0.970. The van der Waals surface area contributed by atoms with Crippen molar-refractivity contribution in [3.8, 4) is 0 Å². The number of hydrogen-bond donors (Lipinski definition) is 1. The highest BCUT2D eigenvalue weighted by Gasteiger charge is 2.11. The maximum Gasteiger partial charge on any atom is 0.201 e. The van der Waals surface area contributed by atoms with Crippen molar-refractivity contribution in [2.75, 3.05) is 19.3 Å². The zero-order valence-corrected chi connectivity index (χ0v) is 14.2. The Labute approximate surface area is 135 Å². The van der Waals surface area contributed by atoms with Crippen LogP contribution in [0.3, 0.4) is 0 Å². The summed E-state index contributed by atoms with van der Waals surface area (Å²) in [5.41, 5.74) is 7.74. The molecular formula is C15H22Cl2N4. The number of unbranched alkanes of at least 4 members (excludes halogenated alkanes) is 1. The van der Waals surface area contributed by atoms with Gasteiger partial charge in [-0.2, -0.15) is 0 Å². The number of halogens is 2. The van der Waals surface area contributed by atoms with Crippen LogP contribution in [0.25, 0.3) is 11.0 Å². The number of aryl methyl sites for hydroxylation is 1. The molecule has 4 nitrogen and oxygen atoms in total. The standard InChI is InChI=1S/C15H22Cl2N4/c1-10(2)20(3)6-4-5-7-21-14-9-12(17)11(16)8-13(14)19-15(21)18/h8-10H,4-7H2,1-3H3,(H2,18,19). The maximum atomic E-state index is 6.09. The summed E-state index contributed by atoms with van der Waals surface area (Å²) in [5, 5.41) is 1.04. The van der Waals surface area contributed by atoms with E-state index in [0.29, 0.717) is 22.0 Å². The Kier molecular flexibility index (Phi) is 5.36. The zero-order chi connectivity index (χ0) is 15.6. The average Bonchev–Trinajstić information content (AvgIpc) is 2.70. The Bertz CT molecular complexity index is 622. The van der Waals surface area contributed by atoms with Gasteiger partial charge in [-0.3, -0.25) is 0 Å². The molecule has 0 fully saturated rings. The van der Waals surface area contributed by atoms with Crippen molar-refractivity contribution in [2.24, 2.45) is 0 Å². The van der Waals surface area contributed by atoms with Crippen LogP contribution in [0.4, 0.5) is 5.95 Å². The van der Waals surface area contributed by atoms with Gasteiger partial charge in [0.15, 0.2) is 0 Å². The predicted molar refractivity (Wildman–Crippen MR) is 91.2 cm³/mol. The van der Waals surface area contributed by atoms with E-state index >= 15 is 0 Å². The molecule has 0 atom stereocenters. The van der Waals surface area contributed by atoms with Gasteiger partial charge in [0.2, 0.25) is 5.95 Å². The number of nitrogens with two attached hydrogens (primary N) is 1. The molecule has 1 aromatic carbocycles. The van der Waals surface area contributed by atoms with E-state index in [1.165, 1.54) is 0 Å². The van der Waals surface area contributed by atoms with Crippen LogP contribution in [-0.4, -0.2) is 34.1 Å². The monoisotopic (exact) mass is 328 g/mol. The number of imidazole rings is 1. The molecule has 0 amide bonds. The second-order valence-electron chi connectivity index (χ2n) is 5.66. The lowest BCUT2D eigenvalue weighted by atomic mass is 10.2. The van der Waals surface area contributed by atoms with Crippen LogP contribution in [0.15, 0.2) is 12.1 Å². The normalized spacial score (nSPS) is 12.0. The van der Waals surface area contributed by atoms with E-state index in [-0.39, 0.29) is 0 Å². The zero-order valence-electron chi connectivity index (χ0n) is 12.7. The van der Waals surface area contributed by atoms with Crippen LogP contribution in [0, 0.1) is 0 Å². The molecule has 0 unspecified atom stereocenters. The fraction of sp³-hybridized carbons (Fsp3) is 0.533. The lowest BCUT2D eigenvalue weighted by molar-refractivity contribution is 0.266. The first-order valence-corrected chi connectivity index (χ1v) is 7.96. The van der Waals surface area contributed by atoms with E-state index in [1.807, 2.05) is 10.6 Å². The number of benzene rings is 1. The third-order valence-electron chi connectivity index (χ3n) is 3.84. The molecule has 0 aliphatic rings. The molecule has 116 valence electrons. The predicted octanol–water partition coefficient (Wildman–Crippen LogP) is 4.05. The van der Waals surface area contributed by atoms with Crippen LogP contribution >= 0.6 is 23.2 Å². The molecule has 21 heavy (non-hydrogen) atoms. The SMILES string of the molecule is CC(C)N(C)CCCCn1c(N)nc2cc(Cl)c(Cl)cc21. The first-order valence-electron chi connectivity index (χ1n) is 7.21. The molecule has 2 N–H and O–H groups in total. The number of fused-ring (bicyclic) bond motifs is 1. The molecule has 0 aliphatic heterocycles. The Morgan fingerprint density at radius 1 is 1.24 bits per heavy atom. The maximum absolute atomic E-state index is 6.09. The van der Waals surface area contributed by atoms with Crippen molar-refractivity contribution < 1.29 is 0 Å². The Balaban J connectivity index is 2.05.